The van der Waals surface area contributed by atoms with Crippen LogP contribution in [-0.4, -0.2) is 18.8 Å². The van der Waals surface area contributed by atoms with Crippen molar-refractivity contribution in [1.82, 2.24) is 0 Å². The lowest BCUT2D eigenvalue weighted by atomic mass is 10.2. The molecule has 0 heterocycles. The van der Waals surface area contributed by atoms with E-state index in [0.717, 1.165) is 12.8 Å². The van der Waals surface area contributed by atoms with E-state index in [2.05, 4.69) is 5.16 Å². The number of nitrogens with zero attached hydrogens (tertiary/aromatic N) is 1. The summed E-state index contributed by atoms with van der Waals surface area (Å²) in [5.41, 5.74) is 0.363. The highest BCUT2D eigenvalue weighted by atomic mass is 19.1. The number of ether oxygens (including phenoxy) is 1. The van der Waals surface area contributed by atoms with Gasteiger partial charge in [0.25, 0.3) is 0 Å². The molecule has 0 saturated heterocycles. The third-order valence-corrected chi connectivity index (χ3v) is 2.08. The molecule has 0 saturated carbocycles. The zero-order valence-corrected chi connectivity index (χ0v) is 10.5. The number of unbranched alkanes of at least 4 members (excludes halogenated alkanes) is 1. The molecule has 0 unspecified atom stereocenters. The normalized spacial score (nSPS) is 10.6. The van der Waals surface area contributed by atoms with Gasteiger partial charge in [0.1, 0.15) is 18.2 Å². The van der Waals surface area contributed by atoms with Crippen LogP contribution in [0.2, 0.25) is 0 Å². The number of oxime groups is 1. The summed E-state index contributed by atoms with van der Waals surface area (Å²) in [4.78, 5) is 15.9. The van der Waals surface area contributed by atoms with Gasteiger partial charge in [0.2, 0.25) is 0 Å². The molecule has 0 bridgehead atoms. The van der Waals surface area contributed by atoms with Gasteiger partial charge in [-0.1, -0.05) is 18.5 Å². The average Bonchev–Trinajstić information content (AvgIpc) is 2.31. The van der Waals surface area contributed by atoms with Crippen LogP contribution in [0.25, 0.3) is 0 Å². The number of hydrogen-bond acceptors (Lipinski definition) is 4. The number of benzene rings is 1. The Kier molecular flexibility index (Phi) is 5.84. The van der Waals surface area contributed by atoms with Crippen molar-refractivity contribution in [2.24, 2.45) is 5.16 Å². The summed E-state index contributed by atoms with van der Waals surface area (Å²) in [6.07, 6.45) is 3.24. The number of carbonyl (C=O) groups is 1. The molecule has 1 rings (SSSR count). The molecule has 0 N–H and O–H groups in total. The minimum atomic E-state index is -0.469. The quantitative estimate of drug-likeness (QED) is 0.257. The van der Waals surface area contributed by atoms with Crippen molar-refractivity contribution in [3.63, 3.8) is 0 Å². The average molecular weight is 253 g/mol. The van der Waals surface area contributed by atoms with Crippen molar-refractivity contribution in [2.45, 2.75) is 26.7 Å². The van der Waals surface area contributed by atoms with Gasteiger partial charge < -0.3 is 9.57 Å². The third-order valence-electron chi connectivity index (χ3n) is 2.08. The van der Waals surface area contributed by atoms with Gasteiger partial charge in [-0.05, 0) is 24.6 Å². The van der Waals surface area contributed by atoms with Crippen LogP contribution in [0.15, 0.2) is 23.4 Å². The number of halogens is 1. The van der Waals surface area contributed by atoms with Crippen LogP contribution >= 0.6 is 0 Å². The lowest BCUT2D eigenvalue weighted by molar-refractivity contribution is -0.131. The first-order valence-electron chi connectivity index (χ1n) is 5.76. The van der Waals surface area contributed by atoms with Crippen LogP contribution in [0.3, 0.4) is 0 Å². The smallest absolute Gasteiger partial charge is 0.308 e. The molecule has 18 heavy (non-hydrogen) atoms. The highest BCUT2D eigenvalue weighted by molar-refractivity contribution is 5.84. The van der Waals surface area contributed by atoms with Crippen molar-refractivity contribution >= 4 is 12.2 Å². The second-order valence-corrected chi connectivity index (χ2v) is 3.70. The van der Waals surface area contributed by atoms with Crippen LogP contribution in [0, 0.1) is 5.82 Å². The van der Waals surface area contributed by atoms with Crippen LogP contribution < -0.4 is 4.74 Å². The number of carbonyl (C=O) groups excluding carboxylic acids is 1. The SMILES string of the molecule is CCCCON=Cc1cc(F)ccc1OC(C)=O. The minimum absolute atomic E-state index is 0.256. The molecule has 0 fully saturated rings. The van der Waals surface area contributed by atoms with Gasteiger partial charge in [-0.3, -0.25) is 4.79 Å². The fourth-order valence-corrected chi connectivity index (χ4v) is 1.22. The van der Waals surface area contributed by atoms with E-state index in [1.165, 1.54) is 31.3 Å². The molecule has 0 aromatic heterocycles. The van der Waals surface area contributed by atoms with Gasteiger partial charge in [0, 0.05) is 12.5 Å². The molecule has 1 aromatic carbocycles. The molecule has 98 valence electrons. The first kappa shape index (κ1) is 14.2. The van der Waals surface area contributed by atoms with Crippen molar-refractivity contribution < 1.29 is 18.8 Å². The van der Waals surface area contributed by atoms with Gasteiger partial charge in [0.15, 0.2) is 0 Å². The summed E-state index contributed by atoms with van der Waals surface area (Å²) in [6.45, 7) is 3.83. The Morgan fingerprint density at radius 2 is 2.28 bits per heavy atom. The Hall–Kier alpha value is -1.91. The Morgan fingerprint density at radius 1 is 1.50 bits per heavy atom. The Bertz CT molecular complexity index is 432. The second kappa shape index (κ2) is 7.42. The third kappa shape index (κ3) is 4.95. The van der Waals surface area contributed by atoms with E-state index in [1.807, 2.05) is 6.92 Å². The maximum Gasteiger partial charge on any atom is 0.308 e. The monoisotopic (exact) mass is 253 g/mol. The molecule has 0 spiro atoms. The second-order valence-electron chi connectivity index (χ2n) is 3.70. The first-order valence-corrected chi connectivity index (χ1v) is 5.76. The van der Waals surface area contributed by atoms with Crippen LogP contribution in [-0.2, 0) is 9.63 Å². The van der Waals surface area contributed by atoms with Gasteiger partial charge in [-0.25, -0.2) is 4.39 Å². The van der Waals surface area contributed by atoms with Crippen LogP contribution in [0.4, 0.5) is 4.39 Å². The minimum Gasteiger partial charge on any atom is -0.426 e. The van der Waals surface area contributed by atoms with E-state index < -0.39 is 11.8 Å². The van der Waals surface area contributed by atoms with E-state index in [1.54, 1.807) is 0 Å². The topological polar surface area (TPSA) is 47.9 Å². The van der Waals surface area contributed by atoms with Gasteiger partial charge in [-0.15, -0.1) is 0 Å². The summed E-state index contributed by atoms with van der Waals surface area (Å²) < 4.78 is 18.0. The Labute approximate surface area is 105 Å². The molecule has 0 atom stereocenters. The fraction of sp³-hybridized carbons (Fsp3) is 0.385. The van der Waals surface area contributed by atoms with E-state index >= 15 is 0 Å². The predicted octanol–water partition coefficient (Wildman–Crippen LogP) is 2.90. The lowest BCUT2D eigenvalue weighted by Crippen LogP contribution is -2.04. The number of hydrogen-bond donors (Lipinski definition) is 0. The van der Waals surface area contributed by atoms with Gasteiger partial charge in [-0.2, -0.15) is 0 Å². The molecule has 4 nitrogen and oxygen atoms in total. The maximum absolute atomic E-state index is 13.1. The van der Waals surface area contributed by atoms with Crippen molar-refractivity contribution in [3.8, 4) is 5.75 Å². The molecule has 1 aromatic rings. The predicted molar refractivity (Wildman–Crippen MR) is 66.2 cm³/mol. The summed E-state index contributed by atoms with van der Waals surface area (Å²) in [7, 11) is 0. The Balaban J connectivity index is 2.72. The van der Waals surface area contributed by atoms with Crippen molar-refractivity contribution in [3.05, 3.63) is 29.6 Å². The van der Waals surface area contributed by atoms with Crippen LogP contribution in [0.5, 0.6) is 5.75 Å². The summed E-state index contributed by atoms with van der Waals surface area (Å²) in [5.74, 6) is -0.643. The van der Waals surface area contributed by atoms with Crippen molar-refractivity contribution in [2.75, 3.05) is 6.61 Å². The highest BCUT2D eigenvalue weighted by Crippen LogP contribution is 2.18. The van der Waals surface area contributed by atoms with Crippen LogP contribution in [0.1, 0.15) is 32.3 Å². The van der Waals surface area contributed by atoms with Crippen molar-refractivity contribution in [1.29, 1.82) is 0 Å². The first-order chi connectivity index (χ1) is 8.63. The molecule has 0 aliphatic rings. The highest BCUT2D eigenvalue weighted by Gasteiger charge is 2.06. The number of rotatable bonds is 6. The molecule has 0 amide bonds. The summed E-state index contributed by atoms with van der Waals surface area (Å²) >= 11 is 0. The summed E-state index contributed by atoms with van der Waals surface area (Å²) in [6, 6.07) is 3.82. The molecular formula is C13H16FNO3. The summed E-state index contributed by atoms with van der Waals surface area (Å²) in [5, 5.41) is 3.71. The lowest BCUT2D eigenvalue weighted by Gasteiger charge is -2.05. The standard InChI is InChI=1S/C13H16FNO3/c1-3-4-7-17-15-9-11-8-12(14)5-6-13(11)18-10(2)16/h5-6,8-9H,3-4,7H2,1-2H3. The maximum atomic E-state index is 13.1. The zero-order chi connectivity index (χ0) is 13.4. The van der Waals surface area contributed by atoms with Gasteiger partial charge >= 0.3 is 5.97 Å². The van der Waals surface area contributed by atoms with E-state index in [4.69, 9.17) is 9.57 Å². The largest absolute Gasteiger partial charge is 0.426 e. The molecule has 0 aliphatic heterocycles. The molecular weight excluding hydrogens is 237 g/mol. The Morgan fingerprint density at radius 3 is 2.94 bits per heavy atom. The molecule has 0 radical (unpaired) electrons. The molecule has 5 heteroatoms. The van der Waals surface area contributed by atoms with Gasteiger partial charge in [0.05, 0.1) is 6.21 Å². The van der Waals surface area contributed by atoms with E-state index in [0.29, 0.717) is 12.2 Å². The number of esters is 1. The molecule has 0 aliphatic carbocycles. The van der Waals surface area contributed by atoms with E-state index in [9.17, 15) is 9.18 Å². The van der Waals surface area contributed by atoms with E-state index in [-0.39, 0.29) is 5.75 Å². The zero-order valence-electron chi connectivity index (χ0n) is 10.5. The fourth-order valence-electron chi connectivity index (χ4n) is 1.22.